The lowest BCUT2D eigenvalue weighted by Gasteiger charge is -2.54. The molecular weight excluding hydrogens is 478 g/mol. The Kier molecular flexibility index (Phi) is 7.21. The standard InChI is InChI=1S/C24H24F6N2O3/c1-15(16-8-18(23(25,26)27)10-19(9-16)24(28,29)30)35-14-21(17-6-4-3-5-7-17)11-22(12-21,13-33)32-20(34)31-2/h3-10,13,15H,11-12,14H2,1-2H3,(H2,31,32,34)/t15-,21?,22?/m1/s1. The minimum atomic E-state index is -4.97. The number of amides is 2. The molecule has 0 saturated heterocycles. The van der Waals surface area contributed by atoms with Crippen LogP contribution in [0, 0.1) is 0 Å². The summed E-state index contributed by atoms with van der Waals surface area (Å²) in [6, 6.07) is 9.65. The van der Waals surface area contributed by atoms with Crippen molar-refractivity contribution in [3.05, 3.63) is 70.8 Å². The van der Waals surface area contributed by atoms with Crippen molar-refractivity contribution in [2.75, 3.05) is 13.7 Å². The van der Waals surface area contributed by atoms with Crippen LogP contribution in [0.3, 0.4) is 0 Å². The van der Waals surface area contributed by atoms with Crippen LogP contribution in [0.15, 0.2) is 48.5 Å². The molecule has 0 heterocycles. The summed E-state index contributed by atoms with van der Waals surface area (Å²) in [5, 5.41) is 4.97. The first-order valence-corrected chi connectivity index (χ1v) is 10.7. The number of nitrogens with one attached hydrogen (secondary N) is 2. The minimum absolute atomic E-state index is 0.0660. The lowest BCUT2D eigenvalue weighted by Crippen LogP contribution is -2.67. The van der Waals surface area contributed by atoms with Crippen LogP contribution in [-0.4, -0.2) is 31.5 Å². The topological polar surface area (TPSA) is 67.4 Å². The highest BCUT2D eigenvalue weighted by molar-refractivity contribution is 5.81. The number of carbonyl (C=O) groups excluding carboxylic acids is 2. The molecule has 0 bridgehead atoms. The Morgan fingerprint density at radius 1 is 1.03 bits per heavy atom. The molecule has 1 fully saturated rings. The highest BCUT2D eigenvalue weighted by atomic mass is 19.4. The van der Waals surface area contributed by atoms with Crippen LogP contribution >= 0.6 is 0 Å². The maximum atomic E-state index is 13.2. The smallest absolute Gasteiger partial charge is 0.373 e. The molecule has 2 N–H and O–H groups in total. The molecule has 2 aromatic carbocycles. The van der Waals surface area contributed by atoms with Crippen molar-refractivity contribution < 1.29 is 40.7 Å². The molecule has 0 spiro atoms. The molecule has 0 unspecified atom stereocenters. The van der Waals surface area contributed by atoms with Crippen molar-refractivity contribution in [2.24, 2.45) is 0 Å². The maximum Gasteiger partial charge on any atom is 0.416 e. The molecule has 3 rings (SSSR count). The summed E-state index contributed by atoms with van der Waals surface area (Å²) in [6.45, 7) is 1.27. The fourth-order valence-corrected chi connectivity index (χ4v) is 4.42. The quantitative estimate of drug-likeness (QED) is 0.394. The molecule has 1 aliphatic rings. The van der Waals surface area contributed by atoms with Gasteiger partial charge in [-0.3, -0.25) is 0 Å². The van der Waals surface area contributed by atoms with Gasteiger partial charge in [0.15, 0.2) is 0 Å². The van der Waals surface area contributed by atoms with Gasteiger partial charge in [0.2, 0.25) is 0 Å². The van der Waals surface area contributed by atoms with E-state index in [4.69, 9.17) is 4.74 Å². The SMILES string of the molecule is CNC(=O)NC1(C=O)CC(CO[C@H](C)c2cc(C(F)(F)F)cc(C(F)(F)F)c2)(c2ccccc2)C1. The number of rotatable bonds is 7. The Bertz CT molecular complexity index is 1030. The summed E-state index contributed by atoms with van der Waals surface area (Å²) in [5.41, 5.74) is -4.32. The number of ether oxygens (including phenoxy) is 1. The lowest BCUT2D eigenvalue weighted by atomic mass is 9.55. The molecule has 0 radical (unpaired) electrons. The first-order valence-electron chi connectivity index (χ1n) is 10.7. The van der Waals surface area contributed by atoms with Gasteiger partial charge in [-0.1, -0.05) is 30.3 Å². The highest BCUT2D eigenvalue weighted by Gasteiger charge is 2.56. The Balaban J connectivity index is 1.88. The Labute approximate surface area is 197 Å². The van der Waals surface area contributed by atoms with Crippen molar-refractivity contribution in [3.63, 3.8) is 0 Å². The minimum Gasteiger partial charge on any atom is -0.373 e. The summed E-state index contributed by atoms with van der Waals surface area (Å²) in [4.78, 5) is 23.6. The van der Waals surface area contributed by atoms with Gasteiger partial charge in [-0.15, -0.1) is 0 Å². The second-order valence-electron chi connectivity index (χ2n) is 8.77. The first kappa shape index (κ1) is 26.5. The second-order valence-corrected chi connectivity index (χ2v) is 8.77. The molecule has 2 amide bonds. The van der Waals surface area contributed by atoms with Crippen LogP contribution in [0.1, 0.15) is 48.1 Å². The van der Waals surface area contributed by atoms with Crippen molar-refractivity contribution in [1.82, 2.24) is 10.6 Å². The van der Waals surface area contributed by atoms with Crippen LogP contribution in [0.4, 0.5) is 31.1 Å². The van der Waals surface area contributed by atoms with E-state index in [-0.39, 0.29) is 31.1 Å². The predicted molar refractivity (Wildman–Crippen MR) is 115 cm³/mol. The van der Waals surface area contributed by atoms with Gasteiger partial charge in [0.1, 0.15) is 6.29 Å². The van der Waals surface area contributed by atoms with E-state index < -0.39 is 46.6 Å². The fourth-order valence-electron chi connectivity index (χ4n) is 4.42. The Hall–Kier alpha value is -3.08. The van der Waals surface area contributed by atoms with E-state index in [1.165, 1.54) is 14.0 Å². The molecule has 11 heteroatoms. The van der Waals surface area contributed by atoms with Crippen molar-refractivity contribution >= 4 is 12.3 Å². The zero-order chi connectivity index (χ0) is 26.1. The number of hydrogen-bond donors (Lipinski definition) is 2. The average Bonchev–Trinajstić information content (AvgIpc) is 2.79. The summed E-state index contributed by atoms with van der Waals surface area (Å²) >= 11 is 0. The van der Waals surface area contributed by atoms with Crippen LogP contribution in [0.2, 0.25) is 0 Å². The van der Waals surface area contributed by atoms with Crippen molar-refractivity contribution in [3.8, 4) is 0 Å². The van der Waals surface area contributed by atoms with Gasteiger partial charge in [0.05, 0.1) is 29.4 Å². The van der Waals surface area contributed by atoms with Gasteiger partial charge in [0.25, 0.3) is 0 Å². The van der Waals surface area contributed by atoms with E-state index in [1.807, 2.05) is 0 Å². The fraction of sp³-hybridized carbons (Fsp3) is 0.417. The molecule has 2 aromatic rings. The van der Waals surface area contributed by atoms with E-state index in [0.717, 1.165) is 5.56 Å². The number of aldehydes is 1. The zero-order valence-electron chi connectivity index (χ0n) is 18.9. The molecule has 1 atom stereocenters. The van der Waals surface area contributed by atoms with Crippen LogP contribution < -0.4 is 10.6 Å². The third kappa shape index (κ3) is 5.77. The van der Waals surface area contributed by atoms with E-state index in [1.54, 1.807) is 30.3 Å². The van der Waals surface area contributed by atoms with E-state index in [9.17, 15) is 35.9 Å². The number of halogens is 6. The van der Waals surface area contributed by atoms with Gasteiger partial charge in [-0.05, 0) is 49.1 Å². The van der Waals surface area contributed by atoms with Gasteiger partial charge in [-0.2, -0.15) is 26.3 Å². The summed E-state index contributed by atoms with van der Waals surface area (Å²) in [5.74, 6) is 0. The summed E-state index contributed by atoms with van der Waals surface area (Å²) in [6.07, 6.45) is -10.1. The molecular formula is C24H24F6N2O3. The van der Waals surface area contributed by atoms with E-state index in [2.05, 4.69) is 10.6 Å². The largest absolute Gasteiger partial charge is 0.416 e. The number of carbonyl (C=O) groups is 2. The van der Waals surface area contributed by atoms with Crippen molar-refractivity contribution in [2.45, 2.75) is 49.2 Å². The third-order valence-corrected chi connectivity index (χ3v) is 6.20. The highest BCUT2D eigenvalue weighted by Crippen LogP contribution is 2.50. The van der Waals surface area contributed by atoms with Crippen LogP contribution in [-0.2, 0) is 27.3 Å². The van der Waals surface area contributed by atoms with Gasteiger partial charge >= 0.3 is 18.4 Å². The summed E-state index contributed by atoms with van der Waals surface area (Å²) in [7, 11) is 1.39. The van der Waals surface area contributed by atoms with E-state index in [0.29, 0.717) is 18.4 Å². The number of urea groups is 1. The number of hydrogen-bond acceptors (Lipinski definition) is 3. The molecule has 5 nitrogen and oxygen atoms in total. The maximum absolute atomic E-state index is 13.2. The average molecular weight is 502 g/mol. The van der Waals surface area contributed by atoms with Gasteiger partial charge in [0, 0.05) is 12.5 Å². The molecule has 0 aliphatic heterocycles. The lowest BCUT2D eigenvalue weighted by molar-refractivity contribution is -0.143. The Morgan fingerprint density at radius 3 is 2.03 bits per heavy atom. The van der Waals surface area contributed by atoms with Crippen molar-refractivity contribution in [1.29, 1.82) is 0 Å². The molecule has 1 saturated carbocycles. The first-order chi connectivity index (χ1) is 16.2. The zero-order valence-corrected chi connectivity index (χ0v) is 18.9. The number of alkyl halides is 6. The summed E-state index contributed by atoms with van der Waals surface area (Å²) < 4.78 is 85.2. The normalized spacial score (nSPS) is 23.2. The third-order valence-electron chi connectivity index (χ3n) is 6.20. The second kappa shape index (κ2) is 9.52. The Morgan fingerprint density at radius 2 is 1.57 bits per heavy atom. The molecule has 35 heavy (non-hydrogen) atoms. The van der Waals surface area contributed by atoms with Gasteiger partial charge < -0.3 is 20.2 Å². The van der Waals surface area contributed by atoms with Crippen LogP contribution in [0.5, 0.6) is 0 Å². The predicted octanol–water partition coefficient (Wildman–Crippen LogP) is 5.40. The van der Waals surface area contributed by atoms with E-state index >= 15 is 0 Å². The monoisotopic (exact) mass is 502 g/mol. The molecule has 0 aromatic heterocycles. The van der Waals surface area contributed by atoms with Gasteiger partial charge in [-0.25, -0.2) is 4.79 Å². The van der Waals surface area contributed by atoms with Crippen LogP contribution in [0.25, 0.3) is 0 Å². The molecule has 190 valence electrons. The number of benzene rings is 2. The molecule has 1 aliphatic carbocycles.